The number of carbonyl (C=O) groups is 2. The molecule has 0 unspecified atom stereocenters. The fourth-order valence-corrected chi connectivity index (χ4v) is 3.48. The van der Waals surface area contributed by atoms with Gasteiger partial charge in [-0.15, -0.1) is 0 Å². The van der Waals surface area contributed by atoms with Gasteiger partial charge in [0.1, 0.15) is 11.9 Å². The van der Waals surface area contributed by atoms with Crippen LogP contribution in [0.15, 0.2) is 42.5 Å². The van der Waals surface area contributed by atoms with Crippen LogP contribution in [0.3, 0.4) is 0 Å². The molecule has 0 saturated heterocycles. The second-order valence-corrected chi connectivity index (χ2v) is 8.29. The van der Waals surface area contributed by atoms with Crippen molar-refractivity contribution in [2.24, 2.45) is 0 Å². The molecule has 0 aliphatic heterocycles. The molecular formula is C27H37FN2O4. The molecule has 0 radical (unpaired) electrons. The summed E-state index contributed by atoms with van der Waals surface area (Å²) in [7, 11) is 0. The first-order valence-corrected chi connectivity index (χ1v) is 12.0. The SMILES string of the molecule is CCOc1ccc(CCC(=O)N(Cc2ccc(F)cc2)[C@H](C)C(=O)N[C@H](C)CC)cc1OCC. The third kappa shape index (κ3) is 8.04. The number of ether oxygens (including phenoxy) is 2. The van der Waals surface area contributed by atoms with E-state index in [1.165, 1.54) is 12.1 Å². The van der Waals surface area contributed by atoms with Crippen LogP contribution in [-0.4, -0.2) is 42.0 Å². The van der Waals surface area contributed by atoms with Gasteiger partial charge in [-0.3, -0.25) is 9.59 Å². The molecule has 0 saturated carbocycles. The first kappa shape index (κ1) is 27.2. The molecule has 2 aromatic rings. The van der Waals surface area contributed by atoms with Crippen molar-refractivity contribution in [3.8, 4) is 11.5 Å². The number of rotatable bonds is 13. The predicted octanol–water partition coefficient (Wildman–Crippen LogP) is 4.89. The van der Waals surface area contributed by atoms with E-state index in [1.54, 1.807) is 24.0 Å². The zero-order valence-electron chi connectivity index (χ0n) is 20.9. The van der Waals surface area contributed by atoms with E-state index < -0.39 is 6.04 Å². The van der Waals surface area contributed by atoms with E-state index in [9.17, 15) is 14.0 Å². The molecule has 0 bridgehead atoms. The van der Waals surface area contributed by atoms with Gasteiger partial charge in [-0.05, 0) is 75.9 Å². The molecule has 0 heterocycles. The Morgan fingerprint density at radius 3 is 2.18 bits per heavy atom. The van der Waals surface area contributed by atoms with Crippen molar-refractivity contribution in [1.29, 1.82) is 0 Å². The van der Waals surface area contributed by atoms with Gasteiger partial charge in [-0.25, -0.2) is 4.39 Å². The molecule has 0 aliphatic carbocycles. The van der Waals surface area contributed by atoms with E-state index in [1.807, 2.05) is 45.9 Å². The summed E-state index contributed by atoms with van der Waals surface area (Å²) in [5, 5.41) is 2.95. The third-order valence-corrected chi connectivity index (χ3v) is 5.67. The average Bonchev–Trinajstić information content (AvgIpc) is 2.83. The highest BCUT2D eigenvalue weighted by Gasteiger charge is 2.26. The molecule has 1 N–H and O–H groups in total. The molecule has 2 amide bonds. The van der Waals surface area contributed by atoms with Crippen molar-refractivity contribution in [3.63, 3.8) is 0 Å². The Balaban J connectivity index is 2.17. The van der Waals surface area contributed by atoms with Crippen molar-refractivity contribution < 1.29 is 23.5 Å². The monoisotopic (exact) mass is 472 g/mol. The van der Waals surface area contributed by atoms with Crippen LogP contribution in [0.2, 0.25) is 0 Å². The van der Waals surface area contributed by atoms with E-state index >= 15 is 0 Å². The molecule has 2 rings (SSSR count). The number of halogens is 1. The highest BCUT2D eigenvalue weighted by atomic mass is 19.1. The molecule has 186 valence electrons. The molecule has 7 heteroatoms. The summed E-state index contributed by atoms with van der Waals surface area (Å²) in [6, 6.07) is 11.0. The molecule has 0 spiro atoms. The average molecular weight is 473 g/mol. The zero-order valence-corrected chi connectivity index (χ0v) is 20.9. The smallest absolute Gasteiger partial charge is 0.242 e. The molecule has 0 aliphatic rings. The van der Waals surface area contributed by atoms with Crippen molar-refractivity contribution in [2.75, 3.05) is 13.2 Å². The molecule has 6 nitrogen and oxygen atoms in total. The number of hydrogen-bond donors (Lipinski definition) is 1. The number of nitrogens with zero attached hydrogens (tertiary/aromatic N) is 1. The number of amides is 2. The van der Waals surface area contributed by atoms with Crippen LogP contribution in [0.25, 0.3) is 0 Å². The number of aryl methyl sites for hydroxylation is 1. The lowest BCUT2D eigenvalue weighted by Gasteiger charge is -2.30. The minimum atomic E-state index is -0.661. The maximum Gasteiger partial charge on any atom is 0.242 e. The molecular weight excluding hydrogens is 435 g/mol. The zero-order chi connectivity index (χ0) is 25.1. The Morgan fingerprint density at radius 2 is 1.56 bits per heavy atom. The largest absolute Gasteiger partial charge is 0.490 e. The first-order chi connectivity index (χ1) is 16.3. The molecule has 34 heavy (non-hydrogen) atoms. The molecule has 0 fully saturated rings. The van der Waals surface area contributed by atoms with Crippen LogP contribution in [-0.2, 0) is 22.6 Å². The van der Waals surface area contributed by atoms with Gasteiger partial charge < -0.3 is 19.7 Å². The van der Waals surface area contributed by atoms with E-state index in [4.69, 9.17) is 9.47 Å². The van der Waals surface area contributed by atoms with Crippen LogP contribution >= 0.6 is 0 Å². The van der Waals surface area contributed by atoms with Gasteiger partial charge in [0.25, 0.3) is 0 Å². The summed E-state index contributed by atoms with van der Waals surface area (Å²) < 4.78 is 24.7. The standard InChI is InChI=1S/C27H37FN2O4/c1-6-19(4)29-27(32)20(5)30(18-22-9-13-23(28)14-10-22)26(31)16-12-21-11-15-24(33-7-2)25(17-21)34-8-3/h9-11,13-15,17,19-20H,6-8,12,16,18H2,1-5H3,(H,29,32)/t19-,20-/m1/s1. The van der Waals surface area contributed by atoms with Crippen LogP contribution in [0.4, 0.5) is 4.39 Å². The van der Waals surface area contributed by atoms with Gasteiger partial charge in [0.05, 0.1) is 13.2 Å². The van der Waals surface area contributed by atoms with Crippen LogP contribution in [0.1, 0.15) is 58.6 Å². The number of nitrogens with one attached hydrogen (secondary N) is 1. The summed E-state index contributed by atoms with van der Waals surface area (Å²) >= 11 is 0. The van der Waals surface area contributed by atoms with Crippen molar-refractivity contribution in [3.05, 3.63) is 59.4 Å². The number of hydrogen-bond acceptors (Lipinski definition) is 4. The third-order valence-electron chi connectivity index (χ3n) is 5.67. The Bertz CT molecular complexity index is 933. The lowest BCUT2D eigenvalue weighted by Crippen LogP contribution is -2.49. The van der Waals surface area contributed by atoms with Crippen molar-refractivity contribution >= 4 is 11.8 Å². The van der Waals surface area contributed by atoms with Gasteiger partial charge in [-0.1, -0.05) is 25.1 Å². The van der Waals surface area contributed by atoms with Crippen LogP contribution < -0.4 is 14.8 Å². The van der Waals surface area contributed by atoms with E-state index in [2.05, 4.69) is 5.32 Å². The normalized spacial score (nSPS) is 12.5. The highest BCUT2D eigenvalue weighted by Crippen LogP contribution is 2.29. The summed E-state index contributed by atoms with van der Waals surface area (Å²) in [6.45, 7) is 10.7. The second kappa shape index (κ2) is 13.6. The Hall–Kier alpha value is -3.09. The van der Waals surface area contributed by atoms with Gasteiger partial charge in [0, 0.05) is 19.0 Å². The Labute approximate surface area is 202 Å². The summed E-state index contributed by atoms with van der Waals surface area (Å²) in [5.74, 6) is 0.628. The molecule has 2 aromatic carbocycles. The fraction of sp³-hybridized carbons (Fsp3) is 0.481. The summed E-state index contributed by atoms with van der Waals surface area (Å²) in [6.07, 6.45) is 1.51. The maximum absolute atomic E-state index is 13.4. The first-order valence-electron chi connectivity index (χ1n) is 12.0. The van der Waals surface area contributed by atoms with Gasteiger partial charge >= 0.3 is 0 Å². The van der Waals surface area contributed by atoms with Gasteiger partial charge in [0.15, 0.2) is 11.5 Å². The van der Waals surface area contributed by atoms with E-state index in [0.717, 1.165) is 17.5 Å². The van der Waals surface area contributed by atoms with Crippen LogP contribution in [0, 0.1) is 5.82 Å². The highest BCUT2D eigenvalue weighted by molar-refractivity contribution is 5.87. The quantitative estimate of drug-likeness (QED) is 0.451. The second-order valence-electron chi connectivity index (χ2n) is 8.29. The van der Waals surface area contributed by atoms with Crippen molar-refractivity contribution in [1.82, 2.24) is 10.2 Å². The Morgan fingerprint density at radius 1 is 0.941 bits per heavy atom. The van der Waals surface area contributed by atoms with E-state index in [-0.39, 0.29) is 36.6 Å². The molecule has 0 aromatic heterocycles. The lowest BCUT2D eigenvalue weighted by atomic mass is 10.1. The number of benzene rings is 2. The number of carbonyl (C=O) groups excluding carboxylic acids is 2. The van der Waals surface area contributed by atoms with Gasteiger partial charge in [0.2, 0.25) is 11.8 Å². The summed E-state index contributed by atoms with van der Waals surface area (Å²) in [4.78, 5) is 27.6. The van der Waals surface area contributed by atoms with Crippen molar-refractivity contribution in [2.45, 2.75) is 72.5 Å². The topological polar surface area (TPSA) is 67.9 Å². The maximum atomic E-state index is 13.4. The Kier molecular flexibility index (Phi) is 10.8. The fourth-order valence-electron chi connectivity index (χ4n) is 3.48. The lowest BCUT2D eigenvalue weighted by molar-refractivity contribution is -0.140. The minimum Gasteiger partial charge on any atom is -0.490 e. The van der Waals surface area contributed by atoms with Gasteiger partial charge in [-0.2, -0.15) is 0 Å². The summed E-state index contributed by atoms with van der Waals surface area (Å²) in [5.41, 5.74) is 1.70. The minimum absolute atomic E-state index is 0.0126. The van der Waals surface area contributed by atoms with E-state index in [0.29, 0.717) is 31.1 Å². The predicted molar refractivity (Wildman–Crippen MR) is 131 cm³/mol. The van der Waals surface area contributed by atoms with Crippen LogP contribution in [0.5, 0.6) is 11.5 Å². The molecule has 2 atom stereocenters.